The Morgan fingerprint density at radius 1 is 0.929 bits per heavy atom. The molecule has 0 radical (unpaired) electrons. The Hall–Kier alpha value is -1.30. The van der Waals surface area contributed by atoms with Crippen molar-refractivity contribution in [2.75, 3.05) is 0 Å². The minimum atomic E-state index is 0.608. The van der Waals surface area contributed by atoms with Crippen LogP contribution < -0.4 is 0 Å². The minimum absolute atomic E-state index is 0.608. The molecule has 72 valence electrons. The van der Waals surface area contributed by atoms with E-state index in [-0.39, 0.29) is 0 Å². The van der Waals surface area contributed by atoms with E-state index in [9.17, 15) is 0 Å². The van der Waals surface area contributed by atoms with E-state index >= 15 is 0 Å². The Labute approximate surface area is 86.0 Å². The van der Waals surface area contributed by atoms with E-state index in [1.54, 1.807) is 0 Å². The van der Waals surface area contributed by atoms with Crippen molar-refractivity contribution in [3.8, 4) is 0 Å². The van der Waals surface area contributed by atoms with Gasteiger partial charge in [0.15, 0.2) is 0 Å². The number of hydrogen-bond donors (Lipinski definition) is 0. The van der Waals surface area contributed by atoms with Gasteiger partial charge in [0.25, 0.3) is 0 Å². The van der Waals surface area contributed by atoms with Crippen molar-refractivity contribution in [3.05, 3.63) is 59.2 Å². The second-order valence-corrected chi connectivity index (χ2v) is 4.13. The van der Waals surface area contributed by atoms with Gasteiger partial charge in [0.2, 0.25) is 0 Å². The van der Waals surface area contributed by atoms with E-state index in [2.05, 4.69) is 56.4 Å². The molecular formula is C14H16. The van der Waals surface area contributed by atoms with Gasteiger partial charge in [-0.3, -0.25) is 0 Å². The molecule has 0 saturated heterocycles. The summed E-state index contributed by atoms with van der Waals surface area (Å²) < 4.78 is 0. The fourth-order valence-electron chi connectivity index (χ4n) is 2.07. The van der Waals surface area contributed by atoms with Crippen molar-refractivity contribution in [2.45, 2.75) is 20.3 Å². The number of hydrogen-bond acceptors (Lipinski definition) is 0. The van der Waals surface area contributed by atoms with Crippen LogP contribution in [0.5, 0.6) is 0 Å². The van der Waals surface area contributed by atoms with E-state index in [0.29, 0.717) is 5.92 Å². The fourth-order valence-corrected chi connectivity index (χ4v) is 2.07. The summed E-state index contributed by atoms with van der Waals surface area (Å²) in [6, 6.07) is 6.80. The zero-order chi connectivity index (χ0) is 9.97. The summed E-state index contributed by atoms with van der Waals surface area (Å²) in [4.78, 5) is 0. The van der Waals surface area contributed by atoms with Crippen molar-refractivity contribution >= 4 is 0 Å². The molecule has 0 saturated carbocycles. The maximum absolute atomic E-state index is 2.28. The van der Waals surface area contributed by atoms with Crippen molar-refractivity contribution < 1.29 is 0 Å². The lowest BCUT2D eigenvalue weighted by Gasteiger charge is -2.07. The van der Waals surface area contributed by atoms with Crippen LogP contribution >= 0.6 is 0 Å². The molecule has 0 spiro atoms. The van der Waals surface area contributed by atoms with Gasteiger partial charge in [0.05, 0.1) is 0 Å². The molecule has 0 atom stereocenters. The normalized spacial score (nSPS) is 15.3. The topological polar surface area (TPSA) is 0 Å². The molecule has 1 aromatic carbocycles. The molecule has 14 heavy (non-hydrogen) atoms. The van der Waals surface area contributed by atoms with Crippen LogP contribution in [-0.2, 0) is 6.42 Å². The Balaban J connectivity index is 2.16. The smallest absolute Gasteiger partial charge is 0.000683 e. The monoisotopic (exact) mass is 184 g/mol. The van der Waals surface area contributed by atoms with Gasteiger partial charge in [-0.05, 0) is 31.7 Å². The quantitative estimate of drug-likeness (QED) is 0.659. The third kappa shape index (κ3) is 2.14. The largest absolute Gasteiger partial charge is 0.0773 e. The van der Waals surface area contributed by atoms with E-state index in [1.807, 2.05) is 0 Å². The lowest BCUT2D eigenvalue weighted by molar-refractivity contribution is 0.814. The van der Waals surface area contributed by atoms with Gasteiger partial charge in [-0.2, -0.15) is 0 Å². The van der Waals surface area contributed by atoms with Gasteiger partial charge in [0, 0.05) is 0 Å². The predicted octanol–water partition coefficient (Wildman–Crippen LogP) is 3.59. The summed E-state index contributed by atoms with van der Waals surface area (Å²) in [6.07, 6.45) is 9.92. The van der Waals surface area contributed by atoms with Crippen LogP contribution in [0.2, 0.25) is 0 Å². The lowest BCUT2D eigenvalue weighted by atomic mass is 9.98. The molecular weight excluding hydrogens is 168 g/mol. The van der Waals surface area contributed by atoms with Crippen molar-refractivity contribution in [2.24, 2.45) is 5.92 Å². The number of allylic oxidation sites excluding steroid dienone is 4. The number of rotatable bonds is 2. The highest BCUT2D eigenvalue weighted by Crippen LogP contribution is 2.17. The summed E-state index contributed by atoms with van der Waals surface area (Å²) in [5, 5.41) is 0. The average Bonchev–Trinajstić information content (AvgIpc) is 2.54. The highest BCUT2D eigenvalue weighted by Gasteiger charge is 2.05. The summed E-state index contributed by atoms with van der Waals surface area (Å²) in [5.41, 5.74) is 4.18. The molecule has 0 aliphatic heterocycles. The summed E-state index contributed by atoms with van der Waals surface area (Å²) >= 11 is 0. The average molecular weight is 184 g/mol. The third-order valence-electron chi connectivity index (χ3n) is 2.58. The second kappa shape index (κ2) is 3.83. The summed E-state index contributed by atoms with van der Waals surface area (Å²) in [6.45, 7) is 4.33. The molecule has 0 unspecified atom stereocenters. The Kier molecular flexibility index (Phi) is 2.53. The molecule has 0 bridgehead atoms. The Morgan fingerprint density at radius 2 is 1.50 bits per heavy atom. The summed E-state index contributed by atoms with van der Waals surface area (Å²) in [7, 11) is 0. The SMILES string of the molecule is Cc1cc(C)cc(CC2C=CC=C2)c1. The predicted molar refractivity (Wildman–Crippen MR) is 61.4 cm³/mol. The van der Waals surface area contributed by atoms with Crippen LogP contribution in [-0.4, -0.2) is 0 Å². The van der Waals surface area contributed by atoms with Crippen molar-refractivity contribution in [3.63, 3.8) is 0 Å². The zero-order valence-corrected chi connectivity index (χ0v) is 8.83. The molecule has 0 N–H and O–H groups in total. The van der Waals surface area contributed by atoms with Crippen LogP contribution in [0, 0.1) is 19.8 Å². The van der Waals surface area contributed by atoms with Crippen LogP contribution in [0.1, 0.15) is 16.7 Å². The molecule has 1 aliphatic carbocycles. The molecule has 0 aromatic heterocycles. The number of aryl methyl sites for hydroxylation is 2. The summed E-state index contributed by atoms with van der Waals surface area (Å²) in [5.74, 6) is 0.608. The highest BCUT2D eigenvalue weighted by molar-refractivity contribution is 5.30. The maximum atomic E-state index is 2.28. The molecule has 0 fully saturated rings. The van der Waals surface area contributed by atoms with Gasteiger partial charge in [0.1, 0.15) is 0 Å². The second-order valence-electron chi connectivity index (χ2n) is 4.13. The molecule has 0 amide bonds. The molecule has 0 heteroatoms. The first-order chi connectivity index (χ1) is 6.74. The van der Waals surface area contributed by atoms with Crippen molar-refractivity contribution in [1.29, 1.82) is 0 Å². The fraction of sp³-hybridized carbons (Fsp3) is 0.286. The van der Waals surface area contributed by atoms with Gasteiger partial charge >= 0.3 is 0 Å². The van der Waals surface area contributed by atoms with Gasteiger partial charge < -0.3 is 0 Å². The third-order valence-corrected chi connectivity index (χ3v) is 2.58. The van der Waals surface area contributed by atoms with Crippen LogP contribution in [0.3, 0.4) is 0 Å². The Bertz CT molecular complexity index is 351. The van der Waals surface area contributed by atoms with Gasteiger partial charge in [-0.15, -0.1) is 0 Å². The zero-order valence-electron chi connectivity index (χ0n) is 8.83. The van der Waals surface area contributed by atoms with Crippen LogP contribution in [0.4, 0.5) is 0 Å². The van der Waals surface area contributed by atoms with Crippen molar-refractivity contribution in [1.82, 2.24) is 0 Å². The first-order valence-electron chi connectivity index (χ1n) is 5.16. The van der Waals surface area contributed by atoms with Gasteiger partial charge in [-0.25, -0.2) is 0 Å². The number of benzene rings is 1. The first-order valence-corrected chi connectivity index (χ1v) is 5.16. The van der Waals surface area contributed by atoms with E-state index < -0.39 is 0 Å². The van der Waals surface area contributed by atoms with E-state index in [0.717, 1.165) is 6.42 Å². The first kappa shape index (κ1) is 9.26. The standard InChI is InChI=1S/C14H16/c1-11-7-12(2)9-14(8-11)10-13-5-3-4-6-13/h3-9,13H,10H2,1-2H3. The molecule has 2 rings (SSSR count). The molecule has 0 nitrogen and oxygen atoms in total. The van der Waals surface area contributed by atoms with Gasteiger partial charge in [-0.1, -0.05) is 53.6 Å². The molecule has 0 heterocycles. The van der Waals surface area contributed by atoms with Crippen LogP contribution in [0.25, 0.3) is 0 Å². The maximum Gasteiger partial charge on any atom is -0.000683 e. The Morgan fingerprint density at radius 3 is 2.07 bits per heavy atom. The molecule has 1 aliphatic rings. The van der Waals surface area contributed by atoms with E-state index in [4.69, 9.17) is 0 Å². The minimum Gasteiger partial charge on any atom is -0.0773 e. The molecule has 1 aromatic rings. The highest BCUT2D eigenvalue weighted by atomic mass is 14.1. The van der Waals surface area contributed by atoms with E-state index in [1.165, 1.54) is 16.7 Å². The van der Waals surface area contributed by atoms with Crippen LogP contribution in [0.15, 0.2) is 42.5 Å². The lowest BCUT2D eigenvalue weighted by Crippen LogP contribution is -1.96.